The third kappa shape index (κ3) is 6.02. The number of alkyl halides is 1. The predicted octanol–water partition coefficient (Wildman–Crippen LogP) is 7.58. The SMILES string of the molecule is CCCC(F)=Cc1ccc(CCc2ccc(C3CCC(F)CC3)cc2)cc1. The largest absolute Gasteiger partial charge is 0.247 e. The van der Waals surface area contributed by atoms with E-state index in [2.05, 4.69) is 36.4 Å². The Morgan fingerprint density at radius 2 is 1.44 bits per heavy atom. The van der Waals surface area contributed by atoms with E-state index in [-0.39, 0.29) is 5.83 Å². The van der Waals surface area contributed by atoms with Crippen LogP contribution in [0, 0.1) is 0 Å². The fraction of sp³-hybridized carbons (Fsp3) is 0.440. The van der Waals surface area contributed by atoms with Crippen LogP contribution >= 0.6 is 0 Å². The number of halogens is 2. The summed E-state index contributed by atoms with van der Waals surface area (Å²) in [5.74, 6) is 0.477. The van der Waals surface area contributed by atoms with Gasteiger partial charge in [0.2, 0.25) is 0 Å². The lowest BCUT2D eigenvalue weighted by Crippen LogP contribution is -2.13. The van der Waals surface area contributed by atoms with Crippen molar-refractivity contribution in [2.45, 2.75) is 70.4 Å². The minimum atomic E-state index is -0.592. The lowest BCUT2D eigenvalue weighted by Gasteiger charge is -2.24. The van der Waals surface area contributed by atoms with Crippen LogP contribution in [0.25, 0.3) is 6.08 Å². The van der Waals surface area contributed by atoms with Crippen molar-refractivity contribution >= 4 is 6.08 Å². The standard InChI is InChI=1S/C25H30F2/c1-2-3-25(27)18-21-8-6-19(7-9-21)4-5-20-10-12-22(13-11-20)23-14-16-24(26)17-15-23/h6-13,18,23-24H,2-5,14-17H2,1H3. The van der Waals surface area contributed by atoms with E-state index < -0.39 is 6.17 Å². The fourth-order valence-electron chi connectivity index (χ4n) is 3.90. The van der Waals surface area contributed by atoms with E-state index in [1.54, 1.807) is 6.08 Å². The molecule has 2 aromatic rings. The maximum absolute atomic E-state index is 13.6. The summed E-state index contributed by atoms with van der Waals surface area (Å²) in [5, 5.41) is 0. The molecule has 0 aromatic heterocycles. The quantitative estimate of drug-likeness (QED) is 0.472. The number of allylic oxidation sites excluding steroid dienone is 1. The Morgan fingerprint density at radius 3 is 2.00 bits per heavy atom. The molecule has 0 spiro atoms. The molecule has 0 N–H and O–H groups in total. The molecule has 1 fully saturated rings. The van der Waals surface area contributed by atoms with Crippen LogP contribution in [0.5, 0.6) is 0 Å². The third-order valence-electron chi connectivity index (χ3n) is 5.60. The number of rotatable bonds is 7. The summed E-state index contributed by atoms with van der Waals surface area (Å²) in [4.78, 5) is 0. The summed E-state index contributed by atoms with van der Waals surface area (Å²) in [7, 11) is 0. The molecule has 27 heavy (non-hydrogen) atoms. The van der Waals surface area contributed by atoms with Gasteiger partial charge in [0, 0.05) is 0 Å². The molecule has 0 nitrogen and oxygen atoms in total. The van der Waals surface area contributed by atoms with E-state index >= 15 is 0 Å². The molecule has 1 aliphatic rings. The molecule has 1 saturated carbocycles. The van der Waals surface area contributed by atoms with Crippen molar-refractivity contribution in [1.82, 2.24) is 0 Å². The zero-order valence-electron chi connectivity index (χ0n) is 16.3. The van der Waals surface area contributed by atoms with Gasteiger partial charge in [-0.2, -0.15) is 0 Å². The first kappa shape index (κ1) is 19.8. The van der Waals surface area contributed by atoms with Crippen LogP contribution in [0.2, 0.25) is 0 Å². The summed E-state index contributed by atoms with van der Waals surface area (Å²) < 4.78 is 26.9. The van der Waals surface area contributed by atoms with E-state index in [0.29, 0.717) is 25.2 Å². The molecule has 2 aromatic carbocycles. The molecule has 0 aliphatic heterocycles. The van der Waals surface area contributed by atoms with Crippen molar-refractivity contribution < 1.29 is 8.78 Å². The summed E-state index contributed by atoms with van der Waals surface area (Å²) in [6.45, 7) is 1.98. The van der Waals surface area contributed by atoms with Crippen LogP contribution in [0.1, 0.15) is 73.6 Å². The first-order valence-corrected chi connectivity index (χ1v) is 10.3. The van der Waals surface area contributed by atoms with E-state index in [0.717, 1.165) is 37.7 Å². The Bertz CT molecular complexity index is 720. The number of hydrogen-bond acceptors (Lipinski definition) is 0. The number of aryl methyl sites for hydroxylation is 2. The Labute approximate surface area is 162 Å². The van der Waals surface area contributed by atoms with E-state index in [1.807, 2.05) is 19.1 Å². The molecule has 144 valence electrons. The van der Waals surface area contributed by atoms with Crippen molar-refractivity contribution in [3.8, 4) is 0 Å². The molecular weight excluding hydrogens is 338 g/mol. The highest BCUT2D eigenvalue weighted by atomic mass is 19.1. The van der Waals surface area contributed by atoms with Gasteiger partial charge in [-0.05, 0) is 85.6 Å². The van der Waals surface area contributed by atoms with E-state index in [1.165, 1.54) is 16.7 Å². The Hall–Kier alpha value is -1.96. The van der Waals surface area contributed by atoms with Crippen molar-refractivity contribution in [3.05, 3.63) is 76.6 Å². The van der Waals surface area contributed by atoms with Gasteiger partial charge in [0.25, 0.3) is 0 Å². The average Bonchev–Trinajstić information content (AvgIpc) is 2.69. The predicted molar refractivity (Wildman–Crippen MR) is 110 cm³/mol. The number of hydrogen-bond donors (Lipinski definition) is 0. The van der Waals surface area contributed by atoms with Crippen LogP contribution in [-0.2, 0) is 12.8 Å². The monoisotopic (exact) mass is 368 g/mol. The molecule has 0 atom stereocenters. The van der Waals surface area contributed by atoms with Crippen LogP contribution < -0.4 is 0 Å². The minimum Gasteiger partial charge on any atom is -0.247 e. The minimum absolute atomic E-state index is 0.0506. The molecule has 0 heterocycles. The molecule has 0 radical (unpaired) electrons. The molecular formula is C25H30F2. The van der Waals surface area contributed by atoms with Gasteiger partial charge in [0.05, 0.1) is 0 Å². The molecule has 0 amide bonds. The van der Waals surface area contributed by atoms with Gasteiger partial charge in [0.15, 0.2) is 0 Å². The zero-order chi connectivity index (χ0) is 19.1. The normalized spacial score (nSPS) is 20.6. The van der Waals surface area contributed by atoms with Gasteiger partial charge in [-0.15, -0.1) is 0 Å². The van der Waals surface area contributed by atoms with Crippen LogP contribution in [-0.4, -0.2) is 6.17 Å². The zero-order valence-corrected chi connectivity index (χ0v) is 16.3. The second kappa shape index (κ2) is 9.82. The lowest BCUT2D eigenvalue weighted by atomic mass is 9.83. The highest BCUT2D eigenvalue weighted by molar-refractivity contribution is 5.51. The van der Waals surface area contributed by atoms with E-state index in [4.69, 9.17) is 0 Å². The van der Waals surface area contributed by atoms with Crippen LogP contribution in [0.3, 0.4) is 0 Å². The average molecular weight is 369 g/mol. The highest BCUT2D eigenvalue weighted by Crippen LogP contribution is 2.34. The Balaban J connectivity index is 1.52. The number of benzene rings is 2. The van der Waals surface area contributed by atoms with Crippen molar-refractivity contribution in [1.29, 1.82) is 0 Å². The lowest BCUT2D eigenvalue weighted by molar-refractivity contribution is 0.235. The Morgan fingerprint density at radius 1 is 0.889 bits per heavy atom. The molecule has 0 saturated heterocycles. The topological polar surface area (TPSA) is 0 Å². The van der Waals surface area contributed by atoms with Gasteiger partial charge in [-0.1, -0.05) is 55.5 Å². The molecule has 0 bridgehead atoms. The Kier molecular flexibility index (Phi) is 7.20. The fourth-order valence-corrected chi connectivity index (χ4v) is 3.90. The summed E-state index contributed by atoms with van der Waals surface area (Å²) in [5.41, 5.74) is 4.89. The smallest absolute Gasteiger partial charge is 0.100 e. The van der Waals surface area contributed by atoms with Gasteiger partial charge in [-0.3, -0.25) is 0 Å². The highest BCUT2D eigenvalue weighted by Gasteiger charge is 2.21. The summed E-state index contributed by atoms with van der Waals surface area (Å²) in [6.07, 6.45) is 7.71. The third-order valence-corrected chi connectivity index (χ3v) is 5.60. The van der Waals surface area contributed by atoms with E-state index in [9.17, 15) is 8.78 Å². The first-order valence-electron chi connectivity index (χ1n) is 10.3. The molecule has 3 rings (SSSR count). The molecule has 0 unspecified atom stereocenters. The summed E-state index contributed by atoms with van der Waals surface area (Å²) >= 11 is 0. The van der Waals surface area contributed by atoms with Crippen molar-refractivity contribution in [3.63, 3.8) is 0 Å². The van der Waals surface area contributed by atoms with Crippen LogP contribution in [0.15, 0.2) is 54.4 Å². The maximum atomic E-state index is 13.6. The van der Waals surface area contributed by atoms with Crippen LogP contribution in [0.4, 0.5) is 8.78 Å². The second-order valence-corrected chi connectivity index (χ2v) is 7.77. The van der Waals surface area contributed by atoms with Gasteiger partial charge >= 0.3 is 0 Å². The second-order valence-electron chi connectivity index (χ2n) is 7.77. The summed E-state index contributed by atoms with van der Waals surface area (Å²) in [6, 6.07) is 17.1. The van der Waals surface area contributed by atoms with Gasteiger partial charge in [-0.25, -0.2) is 8.78 Å². The van der Waals surface area contributed by atoms with Crippen molar-refractivity contribution in [2.75, 3.05) is 0 Å². The van der Waals surface area contributed by atoms with Gasteiger partial charge < -0.3 is 0 Å². The maximum Gasteiger partial charge on any atom is 0.100 e. The first-order chi connectivity index (χ1) is 13.1. The molecule has 1 aliphatic carbocycles. The molecule has 2 heteroatoms. The van der Waals surface area contributed by atoms with Crippen molar-refractivity contribution in [2.24, 2.45) is 0 Å². The van der Waals surface area contributed by atoms with Gasteiger partial charge in [0.1, 0.15) is 12.0 Å².